The largest absolute Gasteiger partial charge is 0.342 e. The van der Waals surface area contributed by atoms with Crippen molar-refractivity contribution in [1.82, 2.24) is 20.4 Å². The highest BCUT2D eigenvalue weighted by Gasteiger charge is 2.70. The number of rotatable bonds is 5. The Labute approximate surface area is 169 Å². The summed E-state index contributed by atoms with van der Waals surface area (Å²) in [5, 5.41) is 8.29. The smallest absolute Gasteiger partial charge is 0.315 e. The van der Waals surface area contributed by atoms with Crippen molar-refractivity contribution in [2.75, 3.05) is 6.26 Å². The van der Waals surface area contributed by atoms with E-state index >= 15 is 0 Å². The number of benzene rings is 1. The maximum atomic E-state index is 12.4. The summed E-state index contributed by atoms with van der Waals surface area (Å²) in [4.78, 5) is 21.0. The molecular weight excluding hydrogens is 424 g/mol. The van der Waals surface area contributed by atoms with E-state index in [-0.39, 0.29) is 28.4 Å². The Morgan fingerprint density at radius 1 is 1.32 bits per heavy atom. The van der Waals surface area contributed by atoms with E-state index in [0.717, 1.165) is 40.7 Å². The zero-order chi connectivity index (χ0) is 19.7. The van der Waals surface area contributed by atoms with Crippen LogP contribution in [0.5, 0.6) is 0 Å². The predicted molar refractivity (Wildman–Crippen MR) is 103 cm³/mol. The number of carbonyl (C=O) groups is 1. The molecule has 0 atom stereocenters. The van der Waals surface area contributed by atoms with Crippen molar-refractivity contribution >= 4 is 48.9 Å². The van der Waals surface area contributed by atoms with Gasteiger partial charge in [-0.1, -0.05) is 16.8 Å². The highest BCUT2D eigenvalue weighted by Crippen LogP contribution is 2.68. The molecule has 3 aliphatic carbocycles. The van der Waals surface area contributed by atoms with E-state index in [4.69, 9.17) is 21.1 Å². The van der Waals surface area contributed by atoms with Gasteiger partial charge in [-0.25, -0.2) is 13.4 Å². The molecule has 0 spiro atoms. The molecule has 0 aliphatic heterocycles. The van der Waals surface area contributed by atoms with Crippen LogP contribution in [0.3, 0.4) is 0 Å². The van der Waals surface area contributed by atoms with Crippen LogP contribution in [-0.4, -0.2) is 41.2 Å². The summed E-state index contributed by atoms with van der Waals surface area (Å²) in [5.74, 6) is -1.07. The Bertz CT molecular complexity index is 1210. The summed E-state index contributed by atoms with van der Waals surface area (Å²) in [6, 6.07) is 5.68. The van der Waals surface area contributed by atoms with Crippen LogP contribution in [0.4, 0.5) is 0 Å². The van der Waals surface area contributed by atoms with Gasteiger partial charge in [0, 0.05) is 22.2 Å². The number of hydrogen-bond donors (Lipinski definition) is 1. The summed E-state index contributed by atoms with van der Waals surface area (Å²) in [6.07, 6.45) is 3.50. The maximum Gasteiger partial charge on any atom is 0.315 e. The number of halogens is 1. The van der Waals surface area contributed by atoms with Crippen LogP contribution >= 0.6 is 22.9 Å². The second kappa shape index (κ2) is 5.74. The number of amides is 1. The van der Waals surface area contributed by atoms with Gasteiger partial charge in [-0.05, 0) is 37.5 Å². The van der Waals surface area contributed by atoms with Crippen LogP contribution in [0.15, 0.2) is 22.7 Å². The van der Waals surface area contributed by atoms with Gasteiger partial charge in [0.2, 0.25) is 0 Å². The van der Waals surface area contributed by atoms with Gasteiger partial charge >= 0.3 is 11.8 Å². The SMILES string of the molecule is CS(=O)(=O)Cc1noc(C(=O)NC23CC(c4nc5ccc(Cl)cc5s4)(C2)C3)n1. The van der Waals surface area contributed by atoms with Crippen LogP contribution < -0.4 is 5.32 Å². The van der Waals surface area contributed by atoms with Gasteiger partial charge < -0.3 is 9.84 Å². The van der Waals surface area contributed by atoms with Gasteiger partial charge in [0.25, 0.3) is 0 Å². The Hall–Kier alpha value is -2.04. The van der Waals surface area contributed by atoms with E-state index in [0.29, 0.717) is 5.02 Å². The molecular formula is C17H15ClN4O4S2. The molecule has 2 bridgehead atoms. The third-order valence-corrected chi connectivity index (χ3v) is 7.55. The molecule has 11 heteroatoms. The Kier molecular flexibility index (Phi) is 3.69. The van der Waals surface area contributed by atoms with Gasteiger partial charge in [0.05, 0.1) is 10.2 Å². The van der Waals surface area contributed by atoms with Gasteiger partial charge in [-0.3, -0.25) is 4.79 Å². The monoisotopic (exact) mass is 438 g/mol. The Balaban J connectivity index is 1.26. The first kappa shape index (κ1) is 18.0. The maximum absolute atomic E-state index is 12.4. The highest BCUT2D eigenvalue weighted by molar-refractivity contribution is 7.89. The van der Waals surface area contributed by atoms with Crippen LogP contribution in [0.2, 0.25) is 5.02 Å². The van der Waals surface area contributed by atoms with E-state index in [9.17, 15) is 13.2 Å². The molecule has 8 nitrogen and oxygen atoms in total. The molecule has 3 fully saturated rings. The first-order chi connectivity index (χ1) is 13.2. The second-order valence-electron chi connectivity index (χ2n) is 7.76. The summed E-state index contributed by atoms with van der Waals surface area (Å²) in [5.41, 5.74) is 0.675. The molecule has 3 aliphatic rings. The zero-order valence-corrected chi connectivity index (χ0v) is 17.1. The van der Waals surface area contributed by atoms with Gasteiger partial charge in [0.1, 0.15) is 10.8 Å². The molecule has 6 rings (SSSR count). The molecule has 0 saturated heterocycles. The van der Waals surface area contributed by atoms with Gasteiger partial charge in [-0.15, -0.1) is 11.3 Å². The number of nitrogens with one attached hydrogen (secondary N) is 1. The fourth-order valence-corrected chi connectivity index (χ4v) is 6.22. The molecule has 0 unspecified atom stereocenters. The zero-order valence-electron chi connectivity index (χ0n) is 14.7. The minimum absolute atomic E-state index is 0.0136. The number of fused-ring (bicyclic) bond motifs is 1. The quantitative estimate of drug-likeness (QED) is 0.650. The Morgan fingerprint density at radius 2 is 2.07 bits per heavy atom. The molecule has 2 heterocycles. The lowest BCUT2D eigenvalue weighted by Gasteiger charge is -2.69. The molecule has 0 radical (unpaired) electrons. The third kappa shape index (κ3) is 2.90. The number of carbonyl (C=O) groups excluding carboxylic acids is 1. The van der Waals surface area contributed by atoms with Crippen LogP contribution in [0.1, 0.15) is 40.8 Å². The lowest BCUT2D eigenvalue weighted by Crippen LogP contribution is -2.76. The topological polar surface area (TPSA) is 115 Å². The van der Waals surface area contributed by atoms with Crippen LogP contribution in [-0.2, 0) is 21.0 Å². The fraction of sp³-hybridized carbons (Fsp3) is 0.412. The number of hydrogen-bond acceptors (Lipinski definition) is 8. The molecule has 2 aromatic heterocycles. The van der Waals surface area contributed by atoms with Crippen molar-refractivity contribution in [3.8, 4) is 0 Å². The van der Waals surface area contributed by atoms with Gasteiger partial charge in [0.15, 0.2) is 15.7 Å². The van der Waals surface area contributed by atoms with Crippen LogP contribution in [0, 0.1) is 0 Å². The third-order valence-electron chi connectivity index (χ3n) is 5.27. The van der Waals surface area contributed by atoms with Crippen molar-refractivity contribution in [2.45, 2.75) is 36.0 Å². The highest BCUT2D eigenvalue weighted by atomic mass is 35.5. The van der Waals surface area contributed by atoms with Gasteiger partial charge in [-0.2, -0.15) is 4.98 Å². The summed E-state index contributed by atoms with van der Waals surface area (Å²) in [7, 11) is -3.29. The Morgan fingerprint density at radius 3 is 2.79 bits per heavy atom. The van der Waals surface area contributed by atoms with Crippen molar-refractivity contribution in [3.63, 3.8) is 0 Å². The summed E-state index contributed by atoms with van der Waals surface area (Å²) < 4.78 is 28.5. The summed E-state index contributed by atoms with van der Waals surface area (Å²) in [6.45, 7) is 0. The number of aromatic nitrogens is 3. The van der Waals surface area contributed by atoms with E-state index < -0.39 is 15.7 Å². The molecule has 146 valence electrons. The molecule has 3 saturated carbocycles. The molecule has 1 amide bonds. The van der Waals surface area contributed by atoms with Crippen molar-refractivity contribution in [2.24, 2.45) is 0 Å². The molecule has 3 aromatic rings. The van der Waals surface area contributed by atoms with Crippen LogP contribution in [0.25, 0.3) is 10.2 Å². The fourth-order valence-electron chi connectivity index (χ4n) is 4.21. The minimum Gasteiger partial charge on any atom is -0.342 e. The first-order valence-electron chi connectivity index (χ1n) is 8.55. The van der Waals surface area contributed by atoms with E-state index in [1.54, 1.807) is 11.3 Å². The average molecular weight is 439 g/mol. The number of nitrogens with zero attached hydrogens (tertiary/aromatic N) is 3. The summed E-state index contributed by atoms with van der Waals surface area (Å²) >= 11 is 7.70. The number of sulfone groups is 1. The van der Waals surface area contributed by atoms with Crippen molar-refractivity contribution < 1.29 is 17.7 Å². The molecule has 1 aromatic carbocycles. The predicted octanol–water partition coefficient (Wildman–Crippen LogP) is 2.48. The second-order valence-corrected chi connectivity index (χ2v) is 11.4. The van der Waals surface area contributed by atoms with E-state index in [1.165, 1.54) is 0 Å². The van der Waals surface area contributed by atoms with Crippen molar-refractivity contribution in [3.05, 3.63) is 39.9 Å². The normalized spacial score (nSPS) is 25.9. The lowest BCUT2D eigenvalue weighted by molar-refractivity contribution is -0.0812. The lowest BCUT2D eigenvalue weighted by atomic mass is 9.39. The number of thiazole rings is 1. The standard InChI is InChI=1S/C17H15ClN4O4S2/c1-28(24,25)5-12-20-14(26-22-12)13(23)21-17-6-16(7-17,8-17)15-19-10-3-2-9(18)4-11(10)27-15/h2-4H,5-8H2,1H3,(H,21,23). The minimum atomic E-state index is -3.29. The first-order valence-corrected chi connectivity index (χ1v) is 11.8. The molecule has 1 N–H and O–H groups in total. The molecule has 28 heavy (non-hydrogen) atoms. The van der Waals surface area contributed by atoms with E-state index in [1.807, 2.05) is 18.2 Å². The van der Waals surface area contributed by atoms with E-state index in [2.05, 4.69) is 15.5 Å². The van der Waals surface area contributed by atoms with Crippen molar-refractivity contribution in [1.29, 1.82) is 0 Å². The average Bonchev–Trinajstić information content (AvgIpc) is 3.13.